The van der Waals surface area contributed by atoms with Crippen molar-refractivity contribution in [2.75, 3.05) is 0 Å². The fourth-order valence-electron chi connectivity index (χ4n) is 3.07. The Bertz CT molecular complexity index is 1040. The number of aryl methyl sites for hydroxylation is 2. The molecule has 0 saturated carbocycles. The Kier molecular flexibility index (Phi) is 4.81. The van der Waals surface area contributed by atoms with Gasteiger partial charge < -0.3 is 0 Å². The highest BCUT2D eigenvalue weighted by atomic mass is 16.1. The predicted octanol–water partition coefficient (Wildman–Crippen LogP) is 5.66. The van der Waals surface area contributed by atoms with Crippen molar-refractivity contribution in [1.29, 1.82) is 0 Å². The largest absolute Gasteiger partial charge is 0.289 e. The molecule has 2 aromatic carbocycles. The Hall–Kier alpha value is -3.59. The molecule has 28 heavy (non-hydrogen) atoms. The summed E-state index contributed by atoms with van der Waals surface area (Å²) in [4.78, 5) is 21.9. The number of nitrogens with zero attached hydrogens (tertiary/aromatic N) is 2. The lowest BCUT2D eigenvalue weighted by Crippen LogP contribution is -2.03. The van der Waals surface area contributed by atoms with Crippen molar-refractivity contribution in [3.05, 3.63) is 107 Å². The molecule has 0 unspecified atom stereocenters. The van der Waals surface area contributed by atoms with Crippen LogP contribution in [-0.2, 0) is 0 Å². The van der Waals surface area contributed by atoms with E-state index < -0.39 is 0 Å². The third kappa shape index (κ3) is 3.74. The highest BCUT2D eigenvalue weighted by molar-refractivity contribution is 6.09. The average molecular weight is 364 g/mol. The van der Waals surface area contributed by atoms with E-state index in [1.165, 1.54) is 11.1 Å². The molecule has 2 aromatic heterocycles. The molecule has 0 aliphatic carbocycles. The first-order chi connectivity index (χ1) is 13.6. The second-order valence-electron chi connectivity index (χ2n) is 6.92. The van der Waals surface area contributed by atoms with Gasteiger partial charge in [-0.2, -0.15) is 0 Å². The van der Waals surface area contributed by atoms with Crippen molar-refractivity contribution in [2.24, 2.45) is 0 Å². The van der Waals surface area contributed by atoms with E-state index in [0.717, 1.165) is 22.5 Å². The average Bonchev–Trinajstić information content (AvgIpc) is 2.74. The van der Waals surface area contributed by atoms with E-state index in [9.17, 15) is 4.79 Å². The van der Waals surface area contributed by atoms with Crippen LogP contribution >= 0.6 is 0 Å². The minimum atomic E-state index is -0.0356. The molecule has 0 atom stereocenters. The molecule has 3 heteroatoms. The second-order valence-corrected chi connectivity index (χ2v) is 6.92. The van der Waals surface area contributed by atoms with Crippen LogP contribution in [0.15, 0.2) is 85.2 Å². The van der Waals surface area contributed by atoms with Gasteiger partial charge in [-0.05, 0) is 38.1 Å². The topological polar surface area (TPSA) is 42.9 Å². The normalized spacial score (nSPS) is 10.6. The molecule has 2 heterocycles. The van der Waals surface area contributed by atoms with Crippen molar-refractivity contribution in [3.63, 3.8) is 0 Å². The lowest BCUT2D eigenvalue weighted by atomic mass is 10.0. The molecule has 0 radical (unpaired) electrons. The van der Waals surface area contributed by atoms with Gasteiger partial charge >= 0.3 is 0 Å². The number of ketones is 1. The summed E-state index contributed by atoms with van der Waals surface area (Å²) in [5, 5.41) is 0. The summed E-state index contributed by atoms with van der Waals surface area (Å²) in [7, 11) is 0. The molecule has 4 rings (SSSR count). The van der Waals surface area contributed by atoms with Crippen molar-refractivity contribution >= 4 is 5.78 Å². The summed E-state index contributed by atoms with van der Waals surface area (Å²) in [6, 6.07) is 23.5. The zero-order chi connectivity index (χ0) is 19.5. The van der Waals surface area contributed by atoms with E-state index in [4.69, 9.17) is 0 Å². The van der Waals surface area contributed by atoms with Crippen LogP contribution < -0.4 is 0 Å². The second kappa shape index (κ2) is 7.57. The minimum Gasteiger partial charge on any atom is -0.289 e. The van der Waals surface area contributed by atoms with Crippen LogP contribution in [0, 0.1) is 13.8 Å². The van der Waals surface area contributed by atoms with Gasteiger partial charge in [-0.25, -0.2) is 0 Å². The minimum absolute atomic E-state index is 0.0356. The molecule has 4 aromatic rings. The first kappa shape index (κ1) is 17.8. The fourth-order valence-corrected chi connectivity index (χ4v) is 3.07. The van der Waals surface area contributed by atoms with Gasteiger partial charge in [0.1, 0.15) is 0 Å². The highest BCUT2D eigenvalue weighted by Gasteiger charge is 2.12. The number of hydrogen-bond acceptors (Lipinski definition) is 3. The van der Waals surface area contributed by atoms with E-state index in [0.29, 0.717) is 11.1 Å². The lowest BCUT2D eigenvalue weighted by molar-refractivity contribution is 0.103. The molecule has 0 amide bonds. The number of rotatable bonds is 4. The molecular weight excluding hydrogens is 344 g/mol. The summed E-state index contributed by atoms with van der Waals surface area (Å²) < 4.78 is 0. The van der Waals surface area contributed by atoms with Crippen molar-refractivity contribution in [2.45, 2.75) is 13.8 Å². The maximum atomic E-state index is 13.1. The third-order valence-electron chi connectivity index (χ3n) is 4.74. The van der Waals surface area contributed by atoms with Crippen molar-refractivity contribution in [1.82, 2.24) is 9.97 Å². The number of hydrogen-bond donors (Lipinski definition) is 0. The first-order valence-corrected chi connectivity index (χ1v) is 9.21. The summed E-state index contributed by atoms with van der Waals surface area (Å²) in [5.74, 6) is -0.0356. The Morgan fingerprint density at radius 3 is 1.39 bits per heavy atom. The highest BCUT2D eigenvalue weighted by Crippen LogP contribution is 2.22. The predicted molar refractivity (Wildman–Crippen MR) is 112 cm³/mol. The Morgan fingerprint density at radius 1 is 0.607 bits per heavy atom. The standard InChI is InChI=1S/C25H20N2O/c1-17-3-7-19(8-4-17)23-15-21(11-13-26-23)25(28)22-12-14-27-24(16-22)20-9-5-18(2)6-10-20/h3-16H,1-2H3. The number of benzene rings is 2. The van der Waals surface area contributed by atoms with Crippen LogP contribution in [0.4, 0.5) is 0 Å². The maximum absolute atomic E-state index is 13.1. The van der Waals surface area contributed by atoms with Gasteiger partial charge in [0.05, 0.1) is 11.4 Å². The molecule has 0 N–H and O–H groups in total. The number of pyridine rings is 2. The molecule has 136 valence electrons. The molecule has 3 nitrogen and oxygen atoms in total. The molecule has 0 spiro atoms. The van der Waals surface area contributed by atoms with Crippen LogP contribution in [-0.4, -0.2) is 15.8 Å². The summed E-state index contributed by atoms with van der Waals surface area (Å²) in [5.41, 5.74) is 7.19. The van der Waals surface area contributed by atoms with Gasteiger partial charge in [-0.1, -0.05) is 59.7 Å². The molecule has 0 aliphatic heterocycles. The zero-order valence-corrected chi connectivity index (χ0v) is 15.9. The van der Waals surface area contributed by atoms with E-state index in [1.54, 1.807) is 24.5 Å². The Labute approximate surface area is 164 Å². The van der Waals surface area contributed by atoms with Gasteiger partial charge in [0.2, 0.25) is 0 Å². The van der Waals surface area contributed by atoms with Gasteiger partial charge in [0, 0.05) is 34.6 Å². The third-order valence-corrected chi connectivity index (χ3v) is 4.74. The maximum Gasteiger partial charge on any atom is 0.193 e. The van der Waals surface area contributed by atoms with Crippen molar-refractivity contribution < 1.29 is 4.79 Å². The number of carbonyl (C=O) groups excluding carboxylic acids is 1. The smallest absolute Gasteiger partial charge is 0.193 e. The van der Waals surface area contributed by atoms with Crippen LogP contribution in [0.25, 0.3) is 22.5 Å². The van der Waals surface area contributed by atoms with Crippen LogP contribution in [0.2, 0.25) is 0 Å². The number of aromatic nitrogens is 2. The van der Waals surface area contributed by atoms with Gasteiger partial charge in [0.15, 0.2) is 5.78 Å². The lowest BCUT2D eigenvalue weighted by Gasteiger charge is -2.07. The summed E-state index contributed by atoms with van der Waals surface area (Å²) in [6.45, 7) is 4.10. The monoisotopic (exact) mass is 364 g/mol. The van der Waals surface area contributed by atoms with Gasteiger partial charge in [-0.3, -0.25) is 14.8 Å². The first-order valence-electron chi connectivity index (χ1n) is 9.21. The fraction of sp³-hybridized carbons (Fsp3) is 0.0800. The van der Waals surface area contributed by atoms with Crippen LogP contribution in [0.1, 0.15) is 27.0 Å². The van der Waals surface area contributed by atoms with Gasteiger partial charge in [0.25, 0.3) is 0 Å². The van der Waals surface area contributed by atoms with E-state index in [-0.39, 0.29) is 5.78 Å². The van der Waals surface area contributed by atoms with Crippen molar-refractivity contribution in [3.8, 4) is 22.5 Å². The molecule has 0 fully saturated rings. The van der Waals surface area contributed by atoms with E-state index >= 15 is 0 Å². The SMILES string of the molecule is Cc1ccc(-c2cc(C(=O)c3ccnc(-c4ccc(C)cc4)c3)ccn2)cc1. The van der Waals surface area contributed by atoms with Crippen LogP contribution in [0.3, 0.4) is 0 Å². The summed E-state index contributed by atoms with van der Waals surface area (Å²) >= 11 is 0. The molecule has 0 bridgehead atoms. The van der Waals surface area contributed by atoms with Gasteiger partial charge in [-0.15, -0.1) is 0 Å². The van der Waals surface area contributed by atoms with Crippen LogP contribution in [0.5, 0.6) is 0 Å². The van der Waals surface area contributed by atoms with E-state index in [2.05, 4.69) is 9.97 Å². The Morgan fingerprint density at radius 2 is 1.00 bits per heavy atom. The zero-order valence-electron chi connectivity index (χ0n) is 15.9. The van der Waals surface area contributed by atoms with E-state index in [1.807, 2.05) is 74.5 Å². The summed E-state index contributed by atoms with van der Waals surface area (Å²) in [6.07, 6.45) is 3.37. The Balaban J connectivity index is 1.66. The number of carbonyl (C=O) groups is 1. The quantitative estimate of drug-likeness (QED) is 0.439. The molecule has 0 aliphatic rings. The molecule has 0 saturated heterocycles. The molecular formula is C25H20N2O.